The van der Waals surface area contributed by atoms with Crippen LogP contribution in [0.2, 0.25) is 0 Å². The third-order valence-corrected chi connectivity index (χ3v) is 6.78. The van der Waals surface area contributed by atoms with Gasteiger partial charge in [-0.05, 0) is 37.0 Å². The van der Waals surface area contributed by atoms with Crippen LogP contribution in [-0.4, -0.2) is 66.5 Å². The molecule has 2 heterocycles. The van der Waals surface area contributed by atoms with Crippen molar-refractivity contribution < 1.29 is 14.3 Å². The molecule has 1 aromatic rings. The fraction of sp³-hybridized carbons (Fsp3) is 0.652. The number of likely N-dealkylation sites (tertiary alicyclic amines) is 1. The summed E-state index contributed by atoms with van der Waals surface area (Å²) in [6.45, 7) is 5.58. The lowest BCUT2D eigenvalue weighted by Gasteiger charge is -2.48. The van der Waals surface area contributed by atoms with Crippen LogP contribution in [0.15, 0.2) is 24.3 Å². The van der Waals surface area contributed by atoms with Gasteiger partial charge < -0.3 is 15.0 Å². The molecule has 4 rings (SSSR count). The highest BCUT2D eigenvalue weighted by Crippen LogP contribution is 2.34. The Bertz CT molecular complexity index is 724. The predicted molar refractivity (Wildman–Crippen MR) is 112 cm³/mol. The summed E-state index contributed by atoms with van der Waals surface area (Å²) < 4.78 is 5.55. The maximum absolute atomic E-state index is 12.9. The molecule has 0 radical (unpaired) electrons. The molecule has 1 aromatic carbocycles. The van der Waals surface area contributed by atoms with Gasteiger partial charge in [-0.3, -0.25) is 14.5 Å². The van der Waals surface area contributed by atoms with Crippen molar-refractivity contribution in [1.29, 1.82) is 0 Å². The van der Waals surface area contributed by atoms with Gasteiger partial charge in [-0.25, -0.2) is 0 Å². The van der Waals surface area contributed by atoms with E-state index in [1.54, 1.807) is 0 Å². The molecule has 0 aromatic heterocycles. The van der Waals surface area contributed by atoms with Crippen LogP contribution in [-0.2, 0) is 16.1 Å². The lowest BCUT2D eigenvalue weighted by molar-refractivity contribution is -0.128. The van der Waals surface area contributed by atoms with Gasteiger partial charge in [0.1, 0.15) is 0 Å². The van der Waals surface area contributed by atoms with Gasteiger partial charge >= 0.3 is 0 Å². The van der Waals surface area contributed by atoms with E-state index in [0.717, 1.165) is 57.7 Å². The van der Waals surface area contributed by atoms with Crippen LogP contribution in [0, 0.1) is 0 Å². The van der Waals surface area contributed by atoms with Crippen LogP contribution in [0.25, 0.3) is 0 Å². The number of nitrogens with zero attached hydrogens (tertiary/aromatic N) is 2. The van der Waals surface area contributed by atoms with E-state index in [1.165, 1.54) is 19.3 Å². The number of carbonyl (C=O) groups is 2. The number of amides is 2. The first-order valence-corrected chi connectivity index (χ1v) is 11.1. The zero-order valence-electron chi connectivity index (χ0n) is 17.3. The van der Waals surface area contributed by atoms with E-state index in [9.17, 15) is 9.59 Å². The molecule has 1 saturated carbocycles. The summed E-state index contributed by atoms with van der Waals surface area (Å²) in [5.74, 6) is 0.197. The Morgan fingerprint density at radius 3 is 2.59 bits per heavy atom. The van der Waals surface area contributed by atoms with Crippen LogP contribution in [0.3, 0.4) is 0 Å². The highest BCUT2D eigenvalue weighted by atomic mass is 16.5. The SMILES string of the molecule is O=C(NCC1(N2CCOCC2)CCCCC1)c1cccc(CN2CCCC2=O)c1. The predicted octanol–water partition coefficient (Wildman–Crippen LogP) is 2.57. The van der Waals surface area contributed by atoms with E-state index in [-0.39, 0.29) is 17.4 Å². The van der Waals surface area contributed by atoms with E-state index in [0.29, 0.717) is 25.1 Å². The molecule has 2 amide bonds. The summed E-state index contributed by atoms with van der Waals surface area (Å²) in [5.41, 5.74) is 1.77. The smallest absolute Gasteiger partial charge is 0.251 e. The highest BCUT2D eigenvalue weighted by molar-refractivity contribution is 5.94. The monoisotopic (exact) mass is 399 g/mol. The fourth-order valence-corrected chi connectivity index (χ4v) is 5.10. The second-order valence-electron chi connectivity index (χ2n) is 8.69. The maximum Gasteiger partial charge on any atom is 0.251 e. The summed E-state index contributed by atoms with van der Waals surface area (Å²) in [6.07, 6.45) is 7.61. The average molecular weight is 400 g/mol. The quantitative estimate of drug-likeness (QED) is 0.799. The van der Waals surface area contributed by atoms with Crippen molar-refractivity contribution in [2.24, 2.45) is 0 Å². The molecule has 0 atom stereocenters. The fourth-order valence-electron chi connectivity index (χ4n) is 5.10. The van der Waals surface area contributed by atoms with Crippen molar-refractivity contribution in [3.63, 3.8) is 0 Å². The lowest BCUT2D eigenvalue weighted by atomic mass is 9.79. The van der Waals surface area contributed by atoms with Crippen LogP contribution in [0.5, 0.6) is 0 Å². The topological polar surface area (TPSA) is 61.9 Å². The average Bonchev–Trinajstić information content (AvgIpc) is 3.18. The third kappa shape index (κ3) is 4.81. The molecule has 6 nitrogen and oxygen atoms in total. The number of morpholine rings is 1. The van der Waals surface area contributed by atoms with Crippen molar-refractivity contribution in [3.8, 4) is 0 Å². The number of ether oxygens (including phenoxy) is 1. The zero-order chi connectivity index (χ0) is 20.1. The molecule has 0 bridgehead atoms. The summed E-state index contributed by atoms with van der Waals surface area (Å²) in [7, 11) is 0. The van der Waals surface area contributed by atoms with Gasteiger partial charge in [-0.1, -0.05) is 31.4 Å². The standard InChI is InChI=1S/C23H33N3O3/c27-21-8-5-11-25(21)17-19-6-4-7-20(16-19)22(28)24-18-23(9-2-1-3-10-23)26-12-14-29-15-13-26/h4,6-7,16H,1-3,5,8-15,17-18H2,(H,24,28). The van der Waals surface area contributed by atoms with Gasteiger partial charge in [0.05, 0.1) is 13.2 Å². The van der Waals surface area contributed by atoms with E-state index >= 15 is 0 Å². The van der Waals surface area contributed by atoms with Crippen molar-refractivity contribution >= 4 is 11.8 Å². The van der Waals surface area contributed by atoms with E-state index in [4.69, 9.17) is 4.74 Å². The van der Waals surface area contributed by atoms with Gasteiger partial charge in [0.15, 0.2) is 0 Å². The first-order valence-electron chi connectivity index (χ1n) is 11.1. The maximum atomic E-state index is 12.9. The normalized spacial score (nSPS) is 22.6. The molecular formula is C23H33N3O3. The Hall–Kier alpha value is -1.92. The lowest BCUT2D eigenvalue weighted by Crippen LogP contribution is -2.59. The molecule has 2 aliphatic heterocycles. The largest absolute Gasteiger partial charge is 0.379 e. The Kier molecular flexibility index (Phi) is 6.50. The third-order valence-electron chi connectivity index (χ3n) is 6.78. The number of nitrogens with one attached hydrogen (secondary N) is 1. The molecule has 0 unspecified atom stereocenters. The minimum Gasteiger partial charge on any atom is -0.379 e. The van der Waals surface area contributed by atoms with Gasteiger partial charge in [0, 0.05) is 50.2 Å². The minimum absolute atomic E-state index is 0.0159. The minimum atomic E-state index is -0.0159. The van der Waals surface area contributed by atoms with Crippen LogP contribution < -0.4 is 5.32 Å². The highest BCUT2D eigenvalue weighted by Gasteiger charge is 2.38. The van der Waals surface area contributed by atoms with Gasteiger partial charge in [-0.2, -0.15) is 0 Å². The summed E-state index contributed by atoms with van der Waals surface area (Å²) in [6, 6.07) is 7.72. The Labute approximate surface area is 173 Å². The molecule has 158 valence electrons. The molecule has 2 saturated heterocycles. The van der Waals surface area contributed by atoms with Crippen molar-refractivity contribution in [3.05, 3.63) is 35.4 Å². The summed E-state index contributed by atoms with van der Waals surface area (Å²) >= 11 is 0. The summed E-state index contributed by atoms with van der Waals surface area (Å²) in [4.78, 5) is 29.3. The first kappa shape index (κ1) is 20.4. The summed E-state index contributed by atoms with van der Waals surface area (Å²) in [5, 5.41) is 3.23. The molecule has 6 heteroatoms. The molecule has 3 fully saturated rings. The van der Waals surface area contributed by atoms with E-state index in [1.807, 2.05) is 29.2 Å². The Morgan fingerprint density at radius 1 is 1.07 bits per heavy atom. The van der Waals surface area contributed by atoms with Gasteiger partial charge in [0.25, 0.3) is 5.91 Å². The number of carbonyl (C=O) groups excluding carboxylic acids is 2. The molecule has 1 aliphatic carbocycles. The Balaban J connectivity index is 1.40. The van der Waals surface area contributed by atoms with Crippen LogP contribution in [0.1, 0.15) is 60.9 Å². The number of hydrogen-bond donors (Lipinski definition) is 1. The second-order valence-corrected chi connectivity index (χ2v) is 8.69. The zero-order valence-corrected chi connectivity index (χ0v) is 17.3. The molecule has 1 N–H and O–H groups in total. The van der Waals surface area contributed by atoms with Crippen molar-refractivity contribution in [2.75, 3.05) is 39.4 Å². The molecule has 0 spiro atoms. The van der Waals surface area contributed by atoms with Crippen molar-refractivity contribution in [2.45, 2.75) is 57.0 Å². The van der Waals surface area contributed by atoms with Crippen LogP contribution >= 0.6 is 0 Å². The van der Waals surface area contributed by atoms with Crippen molar-refractivity contribution in [1.82, 2.24) is 15.1 Å². The molecule has 3 aliphatic rings. The van der Waals surface area contributed by atoms with E-state index < -0.39 is 0 Å². The number of rotatable bonds is 6. The second kappa shape index (κ2) is 9.26. The van der Waals surface area contributed by atoms with E-state index in [2.05, 4.69) is 10.2 Å². The molecule has 29 heavy (non-hydrogen) atoms. The number of benzene rings is 1. The van der Waals surface area contributed by atoms with Gasteiger partial charge in [0.2, 0.25) is 5.91 Å². The first-order chi connectivity index (χ1) is 14.2. The van der Waals surface area contributed by atoms with Crippen LogP contribution in [0.4, 0.5) is 0 Å². The Morgan fingerprint density at radius 2 is 1.86 bits per heavy atom. The number of hydrogen-bond acceptors (Lipinski definition) is 4. The molecular weight excluding hydrogens is 366 g/mol. The van der Waals surface area contributed by atoms with Gasteiger partial charge in [-0.15, -0.1) is 0 Å².